The van der Waals surface area contributed by atoms with Crippen LogP contribution in [-0.2, 0) is 11.2 Å². The van der Waals surface area contributed by atoms with Crippen molar-refractivity contribution in [1.82, 2.24) is 10.2 Å². The van der Waals surface area contributed by atoms with Crippen molar-refractivity contribution < 1.29 is 9.53 Å². The van der Waals surface area contributed by atoms with E-state index in [2.05, 4.69) is 22.3 Å². The average Bonchev–Trinajstić information content (AvgIpc) is 2.61. The van der Waals surface area contributed by atoms with E-state index in [1.165, 1.54) is 24.8 Å². The largest absolute Gasteiger partial charge is 0.497 e. The highest BCUT2D eigenvalue weighted by Crippen LogP contribution is 2.36. The van der Waals surface area contributed by atoms with E-state index in [4.69, 9.17) is 4.74 Å². The fourth-order valence-corrected chi connectivity index (χ4v) is 4.00. The fourth-order valence-electron chi connectivity index (χ4n) is 4.00. The van der Waals surface area contributed by atoms with Gasteiger partial charge in [-0.15, -0.1) is 0 Å². The zero-order valence-electron chi connectivity index (χ0n) is 14.1. The summed E-state index contributed by atoms with van der Waals surface area (Å²) in [6.45, 7) is 4.09. The highest BCUT2D eigenvalue weighted by atomic mass is 16.5. The second-order valence-corrected chi connectivity index (χ2v) is 7.05. The molecule has 0 aromatic heterocycles. The standard InChI is InChI=1S/C19H28N2O2/c1-23-17-7-4-16(5-8-17)6-9-18(22)21-13-3-11-19(15-21)10-2-12-20-14-19/h4-5,7-8,20H,2-3,6,9-15H2,1H3. The number of hydrogen-bond donors (Lipinski definition) is 1. The summed E-state index contributed by atoms with van der Waals surface area (Å²) in [5.74, 6) is 1.17. The number of nitrogens with one attached hydrogen (secondary N) is 1. The Kier molecular flexibility index (Phi) is 5.21. The Morgan fingerprint density at radius 1 is 1.26 bits per heavy atom. The van der Waals surface area contributed by atoms with E-state index in [1.54, 1.807) is 7.11 Å². The number of carbonyl (C=O) groups excluding carboxylic acids is 1. The molecule has 2 aliphatic rings. The van der Waals surface area contributed by atoms with Gasteiger partial charge in [-0.2, -0.15) is 0 Å². The fraction of sp³-hybridized carbons (Fsp3) is 0.632. The van der Waals surface area contributed by atoms with E-state index in [1.807, 2.05) is 12.1 Å². The van der Waals surface area contributed by atoms with E-state index in [0.717, 1.165) is 44.8 Å². The first-order chi connectivity index (χ1) is 11.2. The summed E-state index contributed by atoms with van der Waals surface area (Å²) in [6, 6.07) is 8.02. The van der Waals surface area contributed by atoms with E-state index < -0.39 is 0 Å². The van der Waals surface area contributed by atoms with Crippen LogP contribution in [0, 0.1) is 5.41 Å². The molecule has 0 radical (unpaired) electrons. The van der Waals surface area contributed by atoms with Crippen LogP contribution in [0.2, 0.25) is 0 Å². The highest BCUT2D eigenvalue weighted by Gasteiger charge is 2.37. The Hall–Kier alpha value is -1.55. The number of carbonyl (C=O) groups is 1. The second kappa shape index (κ2) is 7.35. The number of hydrogen-bond acceptors (Lipinski definition) is 3. The van der Waals surface area contributed by atoms with Crippen LogP contribution in [0.5, 0.6) is 5.75 Å². The van der Waals surface area contributed by atoms with Crippen molar-refractivity contribution in [3.8, 4) is 5.75 Å². The number of amides is 1. The molecule has 1 spiro atoms. The molecule has 1 atom stereocenters. The second-order valence-electron chi connectivity index (χ2n) is 7.05. The molecule has 3 rings (SSSR count). The Balaban J connectivity index is 1.52. The lowest BCUT2D eigenvalue weighted by Crippen LogP contribution is -2.52. The third kappa shape index (κ3) is 4.05. The number of likely N-dealkylation sites (tertiary alicyclic amines) is 1. The summed E-state index contributed by atoms with van der Waals surface area (Å²) < 4.78 is 5.17. The van der Waals surface area contributed by atoms with Gasteiger partial charge in [0.25, 0.3) is 0 Å². The summed E-state index contributed by atoms with van der Waals surface area (Å²) in [4.78, 5) is 14.7. The molecule has 2 saturated heterocycles. The van der Waals surface area contributed by atoms with E-state index in [-0.39, 0.29) is 0 Å². The predicted octanol–water partition coefficient (Wildman–Crippen LogP) is 2.62. The molecule has 126 valence electrons. The maximum Gasteiger partial charge on any atom is 0.222 e. The van der Waals surface area contributed by atoms with Crippen LogP contribution in [-0.4, -0.2) is 44.1 Å². The van der Waals surface area contributed by atoms with E-state index in [0.29, 0.717) is 17.7 Å². The molecule has 0 saturated carbocycles. The van der Waals surface area contributed by atoms with Crippen molar-refractivity contribution in [3.63, 3.8) is 0 Å². The molecule has 1 amide bonds. The lowest BCUT2D eigenvalue weighted by atomic mass is 9.74. The summed E-state index contributed by atoms with van der Waals surface area (Å²) in [6.07, 6.45) is 6.34. The number of ether oxygens (including phenoxy) is 1. The number of piperidine rings is 2. The normalized spacial score (nSPS) is 24.7. The molecule has 4 nitrogen and oxygen atoms in total. The van der Waals surface area contributed by atoms with Crippen molar-refractivity contribution in [2.45, 2.75) is 38.5 Å². The molecular weight excluding hydrogens is 288 g/mol. The number of nitrogens with zero attached hydrogens (tertiary/aromatic N) is 1. The number of methoxy groups -OCH3 is 1. The molecule has 0 aliphatic carbocycles. The number of rotatable bonds is 4. The van der Waals surface area contributed by atoms with Crippen LogP contribution in [0.4, 0.5) is 0 Å². The summed E-state index contributed by atoms with van der Waals surface area (Å²) in [5.41, 5.74) is 1.54. The van der Waals surface area contributed by atoms with Crippen LogP contribution >= 0.6 is 0 Å². The zero-order valence-corrected chi connectivity index (χ0v) is 14.1. The van der Waals surface area contributed by atoms with Gasteiger partial charge < -0.3 is 15.0 Å². The van der Waals surface area contributed by atoms with Gasteiger partial charge in [0.1, 0.15) is 5.75 Å². The van der Waals surface area contributed by atoms with Gasteiger partial charge in [-0.1, -0.05) is 12.1 Å². The minimum Gasteiger partial charge on any atom is -0.497 e. The van der Waals surface area contributed by atoms with Crippen LogP contribution in [0.3, 0.4) is 0 Å². The van der Waals surface area contributed by atoms with E-state index >= 15 is 0 Å². The van der Waals surface area contributed by atoms with Crippen LogP contribution in [0.1, 0.15) is 37.7 Å². The first-order valence-corrected chi connectivity index (χ1v) is 8.82. The predicted molar refractivity (Wildman–Crippen MR) is 91.7 cm³/mol. The first kappa shape index (κ1) is 16.3. The first-order valence-electron chi connectivity index (χ1n) is 8.82. The SMILES string of the molecule is COc1ccc(CCC(=O)N2CCCC3(CCCNC3)C2)cc1. The lowest BCUT2D eigenvalue weighted by Gasteiger charge is -2.45. The number of aryl methyl sites for hydroxylation is 1. The van der Waals surface area contributed by atoms with Crippen LogP contribution < -0.4 is 10.1 Å². The molecule has 1 unspecified atom stereocenters. The maximum absolute atomic E-state index is 12.6. The molecule has 1 aromatic rings. The zero-order chi connectivity index (χ0) is 16.1. The minimum absolute atomic E-state index is 0.311. The summed E-state index contributed by atoms with van der Waals surface area (Å²) >= 11 is 0. The van der Waals surface area contributed by atoms with Gasteiger partial charge in [-0.05, 0) is 56.3 Å². The van der Waals surface area contributed by atoms with Crippen LogP contribution in [0.15, 0.2) is 24.3 Å². The van der Waals surface area contributed by atoms with Crippen LogP contribution in [0.25, 0.3) is 0 Å². The molecule has 4 heteroatoms. The van der Waals surface area contributed by atoms with E-state index in [9.17, 15) is 4.79 Å². The smallest absolute Gasteiger partial charge is 0.222 e. The van der Waals surface area contributed by atoms with Gasteiger partial charge in [0, 0.05) is 31.5 Å². The third-order valence-electron chi connectivity index (χ3n) is 5.36. The van der Waals surface area contributed by atoms with Gasteiger partial charge >= 0.3 is 0 Å². The minimum atomic E-state index is 0.311. The van der Waals surface area contributed by atoms with Crippen molar-refractivity contribution >= 4 is 5.91 Å². The van der Waals surface area contributed by atoms with Gasteiger partial charge in [-0.25, -0.2) is 0 Å². The Labute approximate surface area is 139 Å². The maximum atomic E-state index is 12.6. The molecule has 23 heavy (non-hydrogen) atoms. The van der Waals surface area contributed by atoms with Crippen molar-refractivity contribution in [2.75, 3.05) is 33.3 Å². The van der Waals surface area contributed by atoms with Gasteiger partial charge in [-0.3, -0.25) is 4.79 Å². The molecule has 0 bridgehead atoms. The molecular formula is C19H28N2O2. The highest BCUT2D eigenvalue weighted by molar-refractivity contribution is 5.76. The van der Waals surface area contributed by atoms with Gasteiger partial charge in [0.2, 0.25) is 5.91 Å². The molecule has 2 aliphatic heterocycles. The molecule has 1 aromatic carbocycles. The molecule has 1 N–H and O–H groups in total. The third-order valence-corrected chi connectivity index (χ3v) is 5.36. The summed E-state index contributed by atoms with van der Waals surface area (Å²) in [7, 11) is 1.67. The lowest BCUT2D eigenvalue weighted by molar-refractivity contribution is -0.135. The average molecular weight is 316 g/mol. The Morgan fingerprint density at radius 2 is 2.04 bits per heavy atom. The van der Waals surface area contributed by atoms with Gasteiger partial charge in [0.05, 0.1) is 7.11 Å². The van der Waals surface area contributed by atoms with Crippen molar-refractivity contribution in [1.29, 1.82) is 0 Å². The van der Waals surface area contributed by atoms with Crippen molar-refractivity contribution in [3.05, 3.63) is 29.8 Å². The Morgan fingerprint density at radius 3 is 2.74 bits per heavy atom. The Bertz CT molecular complexity index is 515. The van der Waals surface area contributed by atoms with Gasteiger partial charge in [0.15, 0.2) is 0 Å². The van der Waals surface area contributed by atoms with Crippen molar-refractivity contribution in [2.24, 2.45) is 5.41 Å². The monoisotopic (exact) mass is 316 g/mol. The number of benzene rings is 1. The molecule has 2 heterocycles. The summed E-state index contributed by atoms with van der Waals surface area (Å²) in [5, 5.41) is 3.52. The quantitative estimate of drug-likeness (QED) is 0.928. The molecule has 2 fully saturated rings. The topological polar surface area (TPSA) is 41.6 Å².